The Morgan fingerprint density at radius 2 is 1.84 bits per heavy atom. The second kappa shape index (κ2) is 10.9. The van der Waals surface area contributed by atoms with Crippen molar-refractivity contribution in [1.29, 1.82) is 0 Å². The molecule has 166 valence electrons. The molecule has 1 aliphatic rings. The fraction of sp³-hybridized carbons (Fsp3) is 0.391. The monoisotopic (exact) mass is 427 g/mol. The van der Waals surface area contributed by atoms with Gasteiger partial charge in [-0.05, 0) is 29.3 Å². The summed E-state index contributed by atoms with van der Waals surface area (Å²) < 4.78 is 5.34. The molecule has 2 aromatic carbocycles. The molecule has 0 aromatic heterocycles. The molecule has 1 atom stereocenters. The predicted octanol–water partition coefficient (Wildman–Crippen LogP) is 0.974. The zero-order valence-corrected chi connectivity index (χ0v) is 17.7. The summed E-state index contributed by atoms with van der Waals surface area (Å²) in [6.07, 6.45) is 0. The Bertz CT molecular complexity index is 884. The van der Waals surface area contributed by atoms with E-state index in [0.29, 0.717) is 26.3 Å². The number of hydrogen-bond acceptors (Lipinski definition) is 6. The Kier molecular flexibility index (Phi) is 8.00. The van der Waals surface area contributed by atoms with Gasteiger partial charge in [0.1, 0.15) is 11.8 Å². The number of aliphatic hydroxyl groups is 1. The molecule has 8 nitrogen and oxygen atoms in total. The summed E-state index contributed by atoms with van der Waals surface area (Å²) in [4.78, 5) is 29.1. The van der Waals surface area contributed by atoms with Gasteiger partial charge in [-0.1, -0.05) is 30.3 Å². The normalized spacial score (nSPS) is 15.3. The third kappa shape index (κ3) is 6.52. The van der Waals surface area contributed by atoms with E-state index in [1.54, 1.807) is 19.2 Å². The Hall–Kier alpha value is -2.94. The third-order valence-electron chi connectivity index (χ3n) is 5.17. The second-order valence-electron chi connectivity index (χ2n) is 7.67. The number of nitrogens with zero attached hydrogens (tertiary/aromatic N) is 2. The topological polar surface area (TPSA) is 102 Å². The summed E-state index contributed by atoms with van der Waals surface area (Å²) in [6.45, 7) is 3.30. The van der Waals surface area contributed by atoms with E-state index in [9.17, 15) is 19.8 Å². The highest BCUT2D eigenvalue weighted by Crippen LogP contribution is 2.18. The van der Waals surface area contributed by atoms with Crippen molar-refractivity contribution < 1.29 is 24.5 Å². The smallest absolute Gasteiger partial charge is 0.252 e. The maximum Gasteiger partial charge on any atom is 0.252 e. The number of rotatable bonds is 8. The van der Waals surface area contributed by atoms with Gasteiger partial charge in [-0.15, -0.1) is 0 Å². The Morgan fingerprint density at radius 3 is 2.52 bits per heavy atom. The zero-order valence-electron chi connectivity index (χ0n) is 17.7. The van der Waals surface area contributed by atoms with Crippen molar-refractivity contribution >= 4 is 11.8 Å². The SMILES string of the molecule is CN(Cc1ccccc1)C(=O)[C@H](CO)NC(=O)c1cc(O)cc(CN2CCOCC2)c1. The number of benzene rings is 2. The van der Waals surface area contributed by atoms with Gasteiger partial charge >= 0.3 is 0 Å². The first-order valence-corrected chi connectivity index (χ1v) is 10.3. The number of hydrogen-bond donors (Lipinski definition) is 3. The van der Waals surface area contributed by atoms with Crippen molar-refractivity contribution in [3.05, 3.63) is 65.2 Å². The maximum atomic E-state index is 12.8. The van der Waals surface area contributed by atoms with Crippen LogP contribution in [0.5, 0.6) is 5.75 Å². The minimum absolute atomic E-state index is 0.0241. The van der Waals surface area contributed by atoms with E-state index in [2.05, 4.69) is 10.2 Å². The van der Waals surface area contributed by atoms with E-state index in [-0.39, 0.29) is 11.3 Å². The molecular weight excluding hydrogens is 398 g/mol. The number of carbonyl (C=O) groups is 2. The van der Waals surface area contributed by atoms with Gasteiger partial charge in [-0.25, -0.2) is 0 Å². The zero-order chi connectivity index (χ0) is 22.2. The minimum Gasteiger partial charge on any atom is -0.508 e. The Balaban J connectivity index is 1.64. The summed E-state index contributed by atoms with van der Waals surface area (Å²) in [5.74, 6) is -0.947. The lowest BCUT2D eigenvalue weighted by atomic mass is 10.1. The fourth-order valence-electron chi connectivity index (χ4n) is 3.54. The molecule has 0 bridgehead atoms. The highest BCUT2D eigenvalue weighted by molar-refractivity contribution is 5.98. The third-order valence-corrected chi connectivity index (χ3v) is 5.17. The van der Waals surface area contributed by atoms with Gasteiger partial charge in [0.05, 0.1) is 19.8 Å². The van der Waals surface area contributed by atoms with Gasteiger partial charge in [0.2, 0.25) is 5.91 Å². The number of ether oxygens (including phenoxy) is 1. The molecule has 2 aromatic rings. The standard InChI is InChI=1S/C23H29N3O5/c1-25(14-17-5-3-2-4-6-17)23(30)21(16-27)24-22(29)19-11-18(12-20(28)13-19)15-26-7-9-31-10-8-26/h2-6,11-13,21,27-28H,7-10,14-16H2,1H3,(H,24,29)/t21-/m0/s1. The number of nitrogens with one attached hydrogen (secondary N) is 1. The van der Waals surface area contributed by atoms with E-state index in [1.807, 2.05) is 30.3 Å². The van der Waals surface area contributed by atoms with Crippen molar-refractivity contribution in [3.63, 3.8) is 0 Å². The van der Waals surface area contributed by atoms with E-state index < -0.39 is 24.5 Å². The van der Waals surface area contributed by atoms with Gasteiger partial charge < -0.3 is 25.2 Å². The van der Waals surface area contributed by atoms with Gasteiger partial charge in [0.15, 0.2) is 0 Å². The molecule has 1 fully saturated rings. The van der Waals surface area contributed by atoms with Crippen molar-refractivity contribution in [2.75, 3.05) is 40.0 Å². The summed E-state index contributed by atoms with van der Waals surface area (Å²) in [7, 11) is 1.62. The van der Waals surface area contributed by atoms with Gasteiger partial charge in [-0.2, -0.15) is 0 Å². The van der Waals surface area contributed by atoms with E-state index in [1.165, 1.54) is 11.0 Å². The molecule has 8 heteroatoms. The van der Waals surface area contributed by atoms with Crippen LogP contribution in [0.1, 0.15) is 21.5 Å². The van der Waals surface area contributed by atoms with Crippen molar-refractivity contribution in [2.45, 2.75) is 19.1 Å². The van der Waals surface area contributed by atoms with Crippen LogP contribution in [-0.4, -0.2) is 77.8 Å². The van der Waals surface area contributed by atoms with Crippen molar-refractivity contribution in [3.8, 4) is 5.75 Å². The van der Waals surface area contributed by atoms with Gasteiger partial charge in [0.25, 0.3) is 5.91 Å². The first kappa shape index (κ1) is 22.7. The van der Waals surface area contributed by atoms with Crippen LogP contribution in [0.15, 0.2) is 48.5 Å². The van der Waals surface area contributed by atoms with Crippen LogP contribution in [0.4, 0.5) is 0 Å². The van der Waals surface area contributed by atoms with E-state index in [0.717, 1.165) is 24.2 Å². The summed E-state index contributed by atoms with van der Waals surface area (Å²) in [5, 5.41) is 22.4. The van der Waals surface area contributed by atoms with Crippen LogP contribution < -0.4 is 5.32 Å². The number of phenols is 1. The second-order valence-corrected chi connectivity index (χ2v) is 7.67. The largest absolute Gasteiger partial charge is 0.508 e. The number of phenolic OH excluding ortho intramolecular Hbond substituents is 1. The van der Waals surface area contributed by atoms with Crippen LogP contribution >= 0.6 is 0 Å². The summed E-state index contributed by atoms with van der Waals surface area (Å²) >= 11 is 0. The van der Waals surface area contributed by atoms with Crippen LogP contribution in [0, 0.1) is 0 Å². The molecular formula is C23H29N3O5. The Morgan fingerprint density at radius 1 is 1.13 bits per heavy atom. The molecule has 3 rings (SSSR count). The van der Waals surface area contributed by atoms with Gasteiger partial charge in [-0.3, -0.25) is 14.5 Å². The average Bonchev–Trinajstić information content (AvgIpc) is 2.77. The lowest BCUT2D eigenvalue weighted by Crippen LogP contribution is -2.49. The molecule has 31 heavy (non-hydrogen) atoms. The average molecular weight is 428 g/mol. The number of aromatic hydroxyl groups is 1. The molecule has 0 spiro atoms. The number of morpholine rings is 1. The Labute approximate surface area is 182 Å². The van der Waals surface area contributed by atoms with Crippen molar-refractivity contribution in [2.24, 2.45) is 0 Å². The summed E-state index contributed by atoms with van der Waals surface area (Å²) in [6, 6.07) is 13.1. The minimum atomic E-state index is -1.08. The van der Waals surface area contributed by atoms with Crippen LogP contribution in [0.25, 0.3) is 0 Å². The van der Waals surface area contributed by atoms with Crippen LogP contribution in [0.3, 0.4) is 0 Å². The lowest BCUT2D eigenvalue weighted by Gasteiger charge is -2.27. The highest BCUT2D eigenvalue weighted by atomic mass is 16.5. The van der Waals surface area contributed by atoms with Gasteiger partial charge in [0, 0.05) is 38.8 Å². The fourth-order valence-corrected chi connectivity index (χ4v) is 3.54. The maximum absolute atomic E-state index is 12.8. The number of amides is 2. The van der Waals surface area contributed by atoms with Crippen LogP contribution in [0.2, 0.25) is 0 Å². The van der Waals surface area contributed by atoms with E-state index >= 15 is 0 Å². The molecule has 1 saturated heterocycles. The first-order chi connectivity index (χ1) is 15.0. The molecule has 1 aliphatic heterocycles. The molecule has 3 N–H and O–H groups in total. The summed E-state index contributed by atoms with van der Waals surface area (Å²) in [5.41, 5.74) is 1.97. The van der Waals surface area contributed by atoms with Crippen LogP contribution in [-0.2, 0) is 22.6 Å². The molecule has 2 amide bonds. The van der Waals surface area contributed by atoms with Crippen molar-refractivity contribution in [1.82, 2.24) is 15.1 Å². The lowest BCUT2D eigenvalue weighted by molar-refractivity contribution is -0.133. The van der Waals surface area contributed by atoms with E-state index in [4.69, 9.17) is 4.74 Å². The highest BCUT2D eigenvalue weighted by Gasteiger charge is 2.24. The number of aliphatic hydroxyl groups excluding tert-OH is 1. The molecule has 0 radical (unpaired) electrons. The molecule has 1 heterocycles. The molecule has 0 unspecified atom stereocenters. The quantitative estimate of drug-likeness (QED) is 0.580. The number of carbonyl (C=O) groups excluding carboxylic acids is 2. The number of likely N-dealkylation sites (N-methyl/N-ethyl adjacent to an activating group) is 1. The first-order valence-electron chi connectivity index (χ1n) is 10.3. The molecule has 0 saturated carbocycles. The molecule has 0 aliphatic carbocycles. The predicted molar refractivity (Wildman–Crippen MR) is 115 cm³/mol.